The van der Waals surface area contributed by atoms with Crippen molar-refractivity contribution in [1.29, 1.82) is 0 Å². The second-order valence-electron chi connectivity index (χ2n) is 24.1. The van der Waals surface area contributed by atoms with Gasteiger partial charge in [0, 0.05) is 43.8 Å². The minimum Gasteiger partial charge on any atom is -0.457 e. The zero-order chi connectivity index (χ0) is 63.7. The molecule has 2 aliphatic rings. The largest absolute Gasteiger partial charge is 0.457 e. The van der Waals surface area contributed by atoms with Crippen LogP contribution in [0.4, 0.5) is 0 Å². The van der Waals surface area contributed by atoms with E-state index in [9.17, 15) is 0 Å². The number of rotatable bonds is 16. The summed E-state index contributed by atoms with van der Waals surface area (Å²) in [6.45, 7) is 0. The highest BCUT2D eigenvalue weighted by Crippen LogP contribution is 2.42. The van der Waals surface area contributed by atoms with Crippen molar-refractivity contribution in [3.63, 3.8) is 0 Å². The average Bonchev–Trinajstić information content (AvgIpc) is 1.61. The summed E-state index contributed by atoms with van der Waals surface area (Å²) in [4.78, 5) is 39.4. The maximum absolute atomic E-state index is 6.63. The van der Waals surface area contributed by atoms with Crippen LogP contribution in [0.25, 0.3) is 89.7 Å². The first-order chi connectivity index (χ1) is 47.4. The minimum absolute atomic E-state index is 0.420. The molecule has 8 bridgehead atoms. The van der Waals surface area contributed by atoms with Gasteiger partial charge in [-0.2, -0.15) is 0 Å². The number of H-pyrrole nitrogens is 2. The lowest BCUT2D eigenvalue weighted by atomic mass is 10.1. The molecular weight excluding hydrogens is 1180 g/mol. The van der Waals surface area contributed by atoms with Crippen LogP contribution in [0.1, 0.15) is 44.5 Å². The molecular formula is C84H58N8O4. The van der Waals surface area contributed by atoms with E-state index in [1.54, 1.807) is 0 Å². The fraction of sp³-hybridized carbons (Fsp3) is 0.0476. The lowest BCUT2D eigenvalue weighted by molar-refractivity contribution is 0.482. The van der Waals surface area contributed by atoms with Gasteiger partial charge in [-0.15, -0.1) is 0 Å². The third-order valence-electron chi connectivity index (χ3n) is 17.4. The van der Waals surface area contributed by atoms with Crippen molar-refractivity contribution in [3.8, 4) is 91.5 Å². The number of fused-ring (bicyclic) bond motifs is 20. The molecule has 12 aromatic carbocycles. The second kappa shape index (κ2) is 25.0. The molecule has 15 aromatic rings. The Morgan fingerprint density at radius 2 is 0.438 bits per heavy atom. The zero-order valence-electron chi connectivity index (χ0n) is 51.9. The molecule has 0 saturated carbocycles. The molecule has 0 spiro atoms. The summed E-state index contributed by atoms with van der Waals surface area (Å²) in [6.07, 6.45) is 3.26. The Morgan fingerprint density at radius 3 is 0.740 bits per heavy atom. The number of hydrogen-bond donors (Lipinski definition) is 2. The summed E-state index contributed by atoms with van der Waals surface area (Å²) in [6, 6.07) is 98.4. The van der Waals surface area contributed by atoms with E-state index in [1.165, 1.54) is 44.5 Å². The van der Waals surface area contributed by atoms with E-state index >= 15 is 0 Å². The smallest absolute Gasteiger partial charge is 0.164 e. The van der Waals surface area contributed by atoms with Crippen molar-refractivity contribution >= 4 is 44.1 Å². The molecule has 0 radical (unpaired) electrons. The predicted molar refractivity (Wildman–Crippen MR) is 379 cm³/mol. The first-order valence-electron chi connectivity index (χ1n) is 32.0. The van der Waals surface area contributed by atoms with Crippen LogP contribution in [0, 0.1) is 0 Å². The van der Waals surface area contributed by atoms with Crippen LogP contribution in [-0.2, 0) is 25.7 Å². The Morgan fingerprint density at radius 1 is 0.198 bits per heavy atom. The number of hydrogen-bond acceptors (Lipinski definition) is 10. The predicted octanol–water partition coefficient (Wildman–Crippen LogP) is 20.4. The van der Waals surface area contributed by atoms with Crippen LogP contribution in [0.2, 0.25) is 0 Å². The van der Waals surface area contributed by atoms with Gasteiger partial charge in [-0.3, -0.25) is 0 Å². The number of ether oxygens (including phenoxy) is 4. The quantitative estimate of drug-likeness (QED) is 0.0959. The Bertz CT molecular complexity index is 5210. The molecule has 0 amide bonds. The van der Waals surface area contributed by atoms with Crippen molar-refractivity contribution in [2.45, 2.75) is 25.7 Å². The number of benzene rings is 12. The molecule has 12 heteroatoms. The fourth-order valence-electron chi connectivity index (χ4n) is 12.5. The normalized spacial score (nSPS) is 11.5. The van der Waals surface area contributed by atoms with Crippen LogP contribution in [-0.4, -0.2) is 39.9 Å². The molecule has 5 heterocycles. The average molecular weight is 1240 g/mol. The van der Waals surface area contributed by atoms with E-state index in [1.807, 2.05) is 146 Å². The van der Waals surface area contributed by atoms with Crippen molar-refractivity contribution < 1.29 is 18.9 Å². The first-order valence-corrected chi connectivity index (χ1v) is 32.0. The zero-order valence-corrected chi connectivity index (χ0v) is 51.9. The van der Waals surface area contributed by atoms with Crippen molar-refractivity contribution in [3.05, 3.63) is 336 Å². The van der Waals surface area contributed by atoms with Crippen LogP contribution in [0.5, 0.6) is 46.0 Å². The molecule has 0 atom stereocenters. The molecule has 3 aromatic heterocycles. The fourth-order valence-corrected chi connectivity index (χ4v) is 12.5. The van der Waals surface area contributed by atoms with Crippen LogP contribution in [0.3, 0.4) is 0 Å². The third-order valence-corrected chi connectivity index (χ3v) is 17.4. The van der Waals surface area contributed by atoms with E-state index in [4.69, 9.17) is 48.9 Å². The SMILES string of the molecule is c1ccc(Cc2ccc(Oc3ccc4c(c3)-c3nc-4nc4[nH]c(nc5nc(nc6[nH]c(n3)c3ccc(Oc7ccc(Cc8ccccc8)cc7)cc63)-c3ccc(Oc6ccc(Cc7ccccc7)cc6)cc3-5)c3ccc(Oc5ccc(Cc6ccccc6)cc5)cc43)cc2)cc1. The van der Waals surface area contributed by atoms with Gasteiger partial charge in [0.05, 0.1) is 0 Å². The van der Waals surface area contributed by atoms with Gasteiger partial charge in [0.1, 0.15) is 68.6 Å². The van der Waals surface area contributed by atoms with Gasteiger partial charge in [0.15, 0.2) is 23.3 Å². The number of aromatic nitrogens is 8. The number of nitrogens with zero attached hydrogens (tertiary/aromatic N) is 6. The van der Waals surface area contributed by atoms with E-state index < -0.39 is 0 Å². The lowest BCUT2D eigenvalue weighted by Crippen LogP contribution is -1.90. The molecule has 0 aliphatic carbocycles. The van der Waals surface area contributed by atoms with Gasteiger partial charge in [-0.1, -0.05) is 170 Å². The van der Waals surface area contributed by atoms with Gasteiger partial charge < -0.3 is 28.9 Å². The molecule has 458 valence electrons. The summed E-state index contributed by atoms with van der Waals surface area (Å²) >= 11 is 0. The van der Waals surface area contributed by atoms with Gasteiger partial charge in [0.2, 0.25) is 0 Å². The Labute approximate surface area is 552 Å². The monoisotopic (exact) mass is 1240 g/mol. The Balaban J connectivity index is 0.807. The second-order valence-corrected chi connectivity index (χ2v) is 24.1. The van der Waals surface area contributed by atoms with Crippen molar-refractivity contribution in [2.24, 2.45) is 0 Å². The Hall–Kier alpha value is -12.8. The molecule has 12 nitrogen and oxygen atoms in total. The molecule has 2 N–H and O–H groups in total. The number of aromatic amines is 2. The highest BCUT2D eigenvalue weighted by atomic mass is 16.5. The molecule has 2 aliphatic heterocycles. The van der Waals surface area contributed by atoms with E-state index in [2.05, 4.69) is 156 Å². The topological polar surface area (TPSA) is 146 Å². The molecule has 17 rings (SSSR count). The molecule has 0 saturated heterocycles. The van der Waals surface area contributed by atoms with Gasteiger partial charge >= 0.3 is 0 Å². The summed E-state index contributed by atoms with van der Waals surface area (Å²) in [5.74, 6) is 6.95. The third kappa shape index (κ3) is 12.2. The van der Waals surface area contributed by atoms with Crippen molar-refractivity contribution in [2.75, 3.05) is 0 Å². The lowest BCUT2D eigenvalue weighted by Gasteiger charge is -2.09. The van der Waals surface area contributed by atoms with Crippen LogP contribution < -0.4 is 18.9 Å². The highest BCUT2D eigenvalue weighted by Gasteiger charge is 2.25. The summed E-state index contributed by atoms with van der Waals surface area (Å²) < 4.78 is 26.5. The van der Waals surface area contributed by atoms with Crippen LogP contribution in [0.15, 0.2) is 291 Å². The first kappa shape index (κ1) is 57.1. The van der Waals surface area contributed by atoms with Crippen molar-refractivity contribution in [1.82, 2.24) is 39.9 Å². The Kier molecular flexibility index (Phi) is 14.9. The molecule has 96 heavy (non-hydrogen) atoms. The highest BCUT2D eigenvalue weighted by molar-refractivity contribution is 6.07. The van der Waals surface area contributed by atoms with Gasteiger partial charge in [0.25, 0.3) is 0 Å². The summed E-state index contributed by atoms with van der Waals surface area (Å²) in [5, 5.41) is 3.07. The number of nitrogens with one attached hydrogen (secondary N) is 2. The van der Waals surface area contributed by atoms with E-state index in [0.717, 1.165) is 69.5 Å². The summed E-state index contributed by atoms with van der Waals surface area (Å²) in [5.41, 5.74) is 14.7. The van der Waals surface area contributed by atoms with Gasteiger partial charge in [-0.05, 0) is 192 Å². The van der Waals surface area contributed by atoms with Crippen LogP contribution >= 0.6 is 0 Å². The van der Waals surface area contributed by atoms with Gasteiger partial charge in [-0.25, -0.2) is 29.9 Å². The minimum atomic E-state index is 0.420. The molecule has 0 fully saturated rings. The maximum Gasteiger partial charge on any atom is 0.164 e. The molecule has 0 unspecified atom stereocenters. The van der Waals surface area contributed by atoms with E-state index in [0.29, 0.717) is 91.9 Å². The summed E-state index contributed by atoms with van der Waals surface area (Å²) in [7, 11) is 0. The standard InChI is InChI=1S/C84H58N8O4/c1-5-13-53(14-6-1)45-57-21-29-61(30-22-57)93-65-37-41-69-73(49-65)81-85-77(69)90-82-75-51-67(95-63-33-25-59(26-34-63)47-55-17-9-3-10-18-55)39-43-71(75)79(87-82)92-84-76-52-68(96-64-35-27-60(28-36-64)48-56-19-11-4-12-20-56)40-44-72(76)80(88-84)91-83-74-50-66(38-42-70(74)78(86-83)89-81)94-62-31-23-58(24-32-62)46-54-15-7-2-8-16-54/h1-44,49-52H,45-48H2,(H2,85,86,87,88,89,90,91,92). The van der Waals surface area contributed by atoms with E-state index in [-0.39, 0.29) is 0 Å². The maximum atomic E-state index is 6.63.